The van der Waals surface area contributed by atoms with Gasteiger partial charge in [-0.05, 0) is 12.8 Å². The first kappa shape index (κ1) is 22.4. The van der Waals surface area contributed by atoms with Gasteiger partial charge in [-0.2, -0.15) is 0 Å². The van der Waals surface area contributed by atoms with Crippen LogP contribution in [0.5, 0.6) is 0 Å². The van der Waals surface area contributed by atoms with E-state index in [1.807, 2.05) is 20.9 Å². The van der Waals surface area contributed by atoms with Gasteiger partial charge in [-0.3, -0.25) is 4.79 Å². The highest BCUT2D eigenvalue weighted by atomic mass is 35.5. The van der Waals surface area contributed by atoms with Crippen molar-refractivity contribution in [3.05, 3.63) is 12.7 Å². The zero-order valence-corrected chi connectivity index (χ0v) is 15.7. The summed E-state index contributed by atoms with van der Waals surface area (Å²) in [5.41, 5.74) is 6.77. The summed E-state index contributed by atoms with van der Waals surface area (Å²) in [5, 5.41) is 3.05. The predicted molar refractivity (Wildman–Crippen MR) is 100.0 cm³/mol. The summed E-state index contributed by atoms with van der Waals surface area (Å²) in [6.07, 6.45) is 4.60. The van der Waals surface area contributed by atoms with E-state index >= 15 is 0 Å². The van der Waals surface area contributed by atoms with E-state index in [0.29, 0.717) is 23.5 Å². The van der Waals surface area contributed by atoms with E-state index in [9.17, 15) is 4.79 Å². The van der Waals surface area contributed by atoms with E-state index in [1.165, 1.54) is 6.33 Å². The van der Waals surface area contributed by atoms with Crippen molar-refractivity contribution in [2.45, 2.75) is 32.2 Å². The van der Waals surface area contributed by atoms with Crippen molar-refractivity contribution in [2.24, 2.45) is 5.73 Å². The molecule has 24 heavy (non-hydrogen) atoms. The number of nitrogens with zero attached hydrogens (tertiary/aromatic N) is 4. The summed E-state index contributed by atoms with van der Waals surface area (Å²) in [7, 11) is 1.81. The van der Waals surface area contributed by atoms with Gasteiger partial charge in [-0.25, -0.2) is 15.0 Å². The van der Waals surface area contributed by atoms with Crippen LogP contribution in [-0.2, 0) is 4.79 Å². The molecule has 136 valence electrons. The van der Waals surface area contributed by atoms with Crippen molar-refractivity contribution < 1.29 is 4.79 Å². The third-order valence-corrected chi connectivity index (χ3v) is 4.09. The minimum atomic E-state index is -0.340. The molecule has 4 N–H and O–H groups in total. The SMILES string of the molecule is CCC(CC)(CN)NC(=O)CN(C)c1ncnc2nc[nH]c12.Cl.Cl. The van der Waals surface area contributed by atoms with E-state index in [4.69, 9.17) is 5.73 Å². The number of anilines is 1. The number of likely N-dealkylation sites (N-methyl/N-ethyl adjacent to an activating group) is 1. The Balaban J connectivity index is 0.00000264. The predicted octanol–water partition coefficient (Wildman–Crippen LogP) is 1.27. The lowest BCUT2D eigenvalue weighted by Crippen LogP contribution is -2.55. The molecule has 2 aromatic heterocycles. The van der Waals surface area contributed by atoms with Crippen molar-refractivity contribution in [1.82, 2.24) is 25.3 Å². The molecule has 2 rings (SSSR count). The number of nitrogens with two attached hydrogens (primary N) is 1. The fourth-order valence-corrected chi connectivity index (χ4v) is 2.43. The highest BCUT2D eigenvalue weighted by molar-refractivity contribution is 5.87. The summed E-state index contributed by atoms with van der Waals surface area (Å²) in [6, 6.07) is 0. The molecule has 0 aliphatic carbocycles. The van der Waals surface area contributed by atoms with E-state index in [0.717, 1.165) is 12.8 Å². The van der Waals surface area contributed by atoms with Gasteiger partial charge in [0.2, 0.25) is 5.91 Å². The molecule has 8 nitrogen and oxygen atoms in total. The summed E-state index contributed by atoms with van der Waals surface area (Å²) >= 11 is 0. The molecule has 0 spiro atoms. The number of halogens is 2. The number of rotatable bonds is 7. The first-order valence-electron chi connectivity index (χ1n) is 7.41. The van der Waals surface area contributed by atoms with Crippen molar-refractivity contribution >= 4 is 47.7 Å². The Kier molecular flexibility index (Phi) is 8.95. The molecule has 0 bridgehead atoms. The molecule has 1 amide bonds. The van der Waals surface area contributed by atoms with Crippen LogP contribution in [0, 0.1) is 0 Å². The number of hydrogen-bond donors (Lipinski definition) is 3. The Hall–Kier alpha value is -1.64. The maximum Gasteiger partial charge on any atom is 0.240 e. The first-order valence-corrected chi connectivity index (χ1v) is 7.41. The van der Waals surface area contributed by atoms with Gasteiger partial charge in [-0.1, -0.05) is 13.8 Å². The third kappa shape index (κ3) is 4.68. The summed E-state index contributed by atoms with van der Waals surface area (Å²) in [5.74, 6) is 0.562. The second-order valence-electron chi connectivity index (χ2n) is 5.39. The molecule has 2 heterocycles. The van der Waals surface area contributed by atoms with Crippen molar-refractivity contribution in [1.29, 1.82) is 0 Å². The van der Waals surface area contributed by atoms with Gasteiger partial charge in [0.05, 0.1) is 18.4 Å². The molecule has 0 saturated heterocycles. The second-order valence-corrected chi connectivity index (χ2v) is 5.39. The fraction of sp³-hybridized carbons (Fsp3) is 0.571. The van der Waals surface area contributed by atoms with Crippen LogP contribution in [0.15, 0.2) is 12.7 Å². The number of hydrogen-bond acceptors (Lipinski definition) is 6. The molecule has 0 aliphatic heterocycles. The number of aromatic nitrogens is 4. The van der Waals surface area contributed by atoms with Gasteiger partial charge >= 0.3 is 0 Å². The lowest BCUT2D eigenvalue weighted by Gasteiger charge is -2.32. The zero-order valence-electron chi connectivity index (χ0n) is 14.1. The molecule has 0 aliphatic rings. The average Bonchev–Trinajstić information content (AvgIpc) is 3.01. The Morgan fingerprint density at radius 2 is 1.96 bits per heavy atom. The largest absolute Gasteiger partial charge is 0.348 e. The van der Waals surface area contributed by atoms with Crippen LogP contribution in [0.2, 0.25) is 0 Å². The first-order chi connectivity index (χ1) is 10.5. The summed E-state index contributed by atoms with van der Waals surface area (Å²) in [4.78, 5) is 29.5. The van der Waals surface area contributed by atoms with Gasteiger partial charge in [0, 0.05) is 13.6 Å². The summed E-state index contributed by atoms with van der Waals surface area (Å²) in [6.45, 7) is 4.67. The van der Waals surface area contributed by atoms with Gasteiger partial charge in [-0.15, -0.1) is 24.8 Å². The minimum absolute atomic E-state index is 0. The Morgan fingerprint density at radius 1 is 1.29 bits per heavy atom. The molecular weight excluding hydrogens is 353 g/mol. The standard InChI is InChI=1S/C14H23N7O.2ClH/c1-4-14(5-2,7-15)20-10(22)6-21(3)13-11-12(17-8-16-11)18-9-19-13;;/h8-9H,4-7,15H2,1-3H3,(H,20,22)(H,16,17,18,19);2*1H. The summed E-state index contributed by atoms with van der Waals surface area (Å²) < 4.78 is 0. The maximum atomic E-state index is 12.3. The van der Waals surface area contributed by atoms with Crippen LogP contribution in [0.1, 0.15) is 26.7 Å². The van der Waals surface area contributed by atoms with Crippen LogP contribution < -0.4 is 16.0 Å². The minimum Gasteiger partial charge on any atom is -0.348 e. The van der Waals surface area contributed by atoms with Crippen molar-refractivity contribution in [3.8, 4) is 0 Å². The quantitative estimate of drug-likeness (QED) is 0.669. The van der Waals surface area contributed by atoms with Gasteiger partial charge in [0.1, 0.15) is 11.8 Å². The van der Waals surface area contributed by atoms with Crippen LogP contribution in [0.4, 0.5) is 5.82 Å². The molecule has 0 saturated carbocycles. The fourth-order valence-electron chi connectivity index (χ4n) is 2.43. The van der Waals surface area contributed by atoms with E-state index < -0.39 is 0 Å². The number of aromatic amines is 1. The van der Waals surface area contributed by atoms with Gasteiger partial charge < -0.3 is 20.9 Å². The molecule has 0 fully saturated rings. The second kappa shape index (κ2) is 9.61. The third-order valence-electron chi connectivity index (χ3n) is 4.09. The molecule has 2 aromatic rings. The Morgan fingerprint density at radius 3 is 2.54 bits per heavy atom. The van der Waals surface area contributed by atoms with Crippen LogP contribution in [0.25, 0.3) is 11.2 Å². The van der Waals surface area contributed by atoms with Crippen molar-refractivity contribution in [3.63, 3.8) is 0 Å². The zero-order chi connectivity index (χ0) is 16.2. The lowest BCUT2D eigenvalue weighted by atomic mass is 9.93. The molecule has 0 aromatic carbocycles. The number of carbonyl (C=O) groups excluding carboxylic acids is 1. The highest BCUT2D eigenvalue weighted by Crippen LogP contribution is 2.18. The Bertz CT molecular complexity index is 637. The molecule has 0 atom stereocenters. The maximum absolute atomic E-state index is 12.3. The highest BCUT2D eigenvalue weighted by Gasteiger charge is 2.27. The molecule has 0 radical (unpaired) electrons. The number of H-pyrrole nitrogens is 1. The smallest absolute Gasteiger partial charge is 0.240 e. The number of imidazole rings is 1. The average molecular weight is 378 g/mol. The molecule has 10 heteroatoms. The van der Waals surface area contributed by atoms with Crippen LogP contribution in [-0.4, -0.2) is 51.5 Å². The number of nitrogens with one attached hydrogen (secondary N) is 2. The number of amides is 1. The lowest BCUT2D eigenvalue weighted by molar-refractivity contribution is -0.121. The van der Waals surface area contributed by atoms with E-state index in [-0.39, 0.29) is 42.8 Å². The normalized spacial score (nSPS) is 10.7. The topological polar surface area (TPSA) is 113 Å². The molecular formula is C14H25Cl2N7O. The van der Waals surface area contributed by atoms with Gasteiger partial charge in [0.15, 0.2) is 11.5 Å². The number of fused-ring (bicyclic) bond motifs is 1. The van der Waals surface area contributed by atoms with Crippen LogP contribution >= 0.6 is 24.8 Å². The van der Waals surface area contributed by atoms with E-state index in [2.05, 4.69) is 25.3 Å². The van der Waals surface area contributed by atoms with Crippen molar-refractivity contribution in [2.75, 3.05) is 25.0 Å². The monoisotopic (exact) mass is 377 g/mol. The van der Waals surface area contributed by atoms with Crippen LogP contribution in [0.3, 0.4) is 0 Å². The van der Waals surface area contributed by atoms with E-state index in [1.54, 1.807) is 11.2 Å². The molecule has 0 unspecified atom stereocenters. The number of carbonyl (C=O) groups is 1. The Labute approximate surface area is 153 Å². The van der Waals surface area contributed by atoms with Gasteiger partial charge in [0.25, 0.3) is 0 Å².